The zero-order chi connectivity index (χ0) is 21.5. The number of nitrogens with one attached hydrogen (secondary N) is 1. The molecule has 4 rings (SSSR count). The lowest BCUT2D eigenvalue weighted by molar-refractivity contribution is -0.116. The van der Waals surface area contributed by atoms with Gasteiger partial charge >= 0.3 is 0 Å². The third-order valence-electron chi connectivity index (χ3n) is 5.13. The van der Waals surface area contributed by atoms with E-state index in [9.17, 15) is 13.2 Å². The van der Waals surface area contributed by atoms with E-state index >= 15 is 0 Å². The van der Waals surface area contributed by atoms with Crippen molar-refractivity contribution in [1.82, 2.24) is 9.78 Å². The highest BCUT2D eigenvalue weighted by Gasteiger charge is 2.35. The number of aryl methyl sites for hydroxylation is 1. The zero-order valence-corrected chi connectivity index (χ0v) is 19.0. The molecule has 0 fully saturated rings. The quantitative estimate of drug-likeness (QED) is 0.593. The van der Waals surface area contributed by atoms with Crippen LogP contribution in [0.3, 0.4) is 0 Å². The molecule has 0 aliphatic carbocycles. The Morgan fingerprint density at radius 2 is 1.83 bits per heavy atom. The van der Waals surface area contributed by atoms with Crippen molar-refractivity contribution in [3.05, 3.63) is 70.0 Å². The molecule has 0 unspecified atom stereocenters. The van der Waals surface area contributed by atoms with Gasteiger partial charge in [0.05, 0.1) is 17.1 Å². The maximum Gasteiger partial charge on any atom is 0.268 e. The van der Waals surface area contributed by atoms with Crippen molar-refractivity contribution in [2.24, 2.45) is 0 Å². The van der Waals surface area contributed by atoms with Crippen molar-refractivity contribution in [3.63, 3.8) is 0 Å². The Bertz CT molecular complexity index is 1220. The van der Waals surface area contributed by atoms with Gasteiger partial charge in [0.2, 0.25) is 5.91 Å². The highest BCUT2D eigenvalue weighted by Crippen LogP contribution is 2.34. The predicted molar refractivity (Wildman–Crippen MR) is 119 cm³/mol. The average molecular weight is 489 g/mol. The van der Waals surface area contributed by atoms with Gasteiger partial charge in [-0.2, -0.15) is 5.10 Å². The molecule has 7 nitrogen and oxygen atoms in total. The van der Waals surface area contributed by atoms with Gasteiger partial charge in [0, 0.05) is 16.7 Å². The molecule has 1 aliphatic rings. The number of hydrogen-bond acceptors (Lipinski definition) is 4. The number of carbonyl (C=O) groups excluding carboxylic acids is 1. The lowest BCUT2D eigenvalue weighted by atomic mass is 10.2. The fourth-order valence-corrected chi connectivity index (χ4v) is 5.89. The van der Waals surface area contributed by atoms with Crippen LogP contribution in [0.4, 0.5) is 11.4 Å². The van der Waals surface area contributed by atoms with E-state index in [0.717, 1.165) is 10.0 Å². The van der Waals surface area contributed by atoms with Crippen LogP contribution in [-0.4, -0.2) is 30.7 Å². The van der Waals surface area contributed by atoms with Crippen molar-refractivity contribution in [1.29, 1.82) is 0 Å². The molecule has 3 aromatic rings. The molecule has 2 aromatic carbocycles. The Morgan fingerprint density at radius 3 is 2.57 bits per heavy atom. The predicted octanol–water partition coefficient (Wildman–Crippen LogP) is 3.65. The minimum atomic E-state index is -3.78. The number of carbonyl (C=O) groups is 1. The van der Waals surface area contributed by atoms with Gasteiger partial charge in [-0.1, -0.05) is 34.1 Å². The van der Waals surface area contributed by atoms with E-state index in [2.05, 4.69) is 26.3 Å². The topological polar surface area (TPSA) is 84.3 Å². The van der Waals surface area contributed by atoms with Gasteiger partial charge in [0.25, 0.3) is 10.0 Å². The number of fused-ring (bicyclic) bond motifs is 1. The summed E-state index contributed by atoms with van der Waals surface area (Å²) in [4.78, 5) is 12.6. The van der Waals surface area contributed by atoms with Crippen LogP contribution in [0.5, 0.6) is 0 Å². The summed E-state index contributed by atoms with van der Waals surface area (Å²) in [5.41, 5.74) is 3.21. The SMILES string of the molecule is Cc1nn(CC(=O)Nc2ccc(Br)cc2)c(C)c1S(=O)(=O)N1CCc2ccccc21. The number of para-hydroxylation sites is 1. The molecule has 0 radical (unpaired) electrons. The lowest BCUT2D eigenvalue weighted by Crippen LogP contribution is -2.30. The van der Waals surface area contributed by atoms with E-state index in [4.69, 9.17) is 0 Å². The van der Waals surface area contributed by atoms with Crippen LogP contribution in [0.2, 0.25) is 0 Å². The van der Waals surface area contributed by atoms with E-state index in [1.54, 1.807) is 26.0 Å². The fraction of sp³-hybridized carbons (Fsp3) is 0.238. The summed E-state index contributed by atoms with van der Waals surface area (Å²) in [7, 11) is -3.78. The summed E-state index contributed by atoms with van der Waals surface area (Å²) in [6, 6.07) is 14.7. The van der Waals surface area contributed by atoms with E-state index in [1.807, 2.05) is 36.4 Å². The number of rotatable bonds is 5. The lowest BCUT2D eigenvalue weighted by Gasteiger charge is -2.19. The van der Waals surface area contributed by atoms with Crippen molar-refractivity contribution >= 4 is 43.2 Å². The summed E-state index contributed by atoms with van der Waals surface area (Å²) in [6.45, 7) is 3.66. The van der Waals surface area contributed by atoms with Crippen LogP contribution < -0.4 is 9.62 Å². The van der Waals surface area contributed by atoms with E-state index in [0.29, 0.717) is 35.7 Å². The van der Waals surface area contributed by atoms with Crippen LogP contribution in [0.1, 0.15) is 17.0 Å². The Kier molecular flexibility index (Phi) is 5.42. The highest BCUT2D eigenvalue weighted by atomic mass is 79.9. The number of halogens is 1. The number of benzene rings is 2. The van der Waals surface area contributed by atoms with Gasteiger partial charge in [-0.3, -0.25) is 13.8 Å². The number of anilines is 2. The van der Waals surface area contributed by atoms with Crippen LogP contribution in [0.25, 0.3) is 0 Å². The Morgan fingerprint density at radius 1 is 1.13 bits per heavy atom. The molecule has 0 bridgehead atoms. The molecule has 0 atom stereocenters. The van der Waals surface area contributed by atoms with Crippen LogP contribution in [0.15, 0.2) is 57.9 Å². The summed E-state index contributed by atoms with van der Waals surface area (Å²) >= 11 is 3.35. The van der Waals surface area contributed by atoms with Crippen LogP contribution in [0, 0.1) is 13.8 Å². The molecule has 30 heavy (non-hydrogen) atoms. The average Bonchev–Trinajstić information content (AvgIpc) is 3.25. The summed E-state index contributed by atoms with van der Waals surface area (Å²) in [5.74, 6) is -0.279. The molecular formula is C21H21BrN4O3S. The maximum atomic E-state index is 13.4. The van der Waals surface area contributed by atoms with E-state index in [-0.39, 0.29) is 17.3 Å². The van der Waals surface area contributed by atoms with Gasteiger partial charge in [-0.05, 0) is 56.2 Å². The molecule has 156 valence electrons. The first-order chi connectivity index (χ1) is 14.3. The van der Waals surface area contributed by atoms with Crippen molar-refractivity contribution in [2.75, 3.05) is 16.2 Å². The summed E-state index contributed by atoms with van der Waals surface area (Å²) < 4.78 is 30.7. The van der Waals surface area contributed by atoms with Crippen molar-refractivity contribution < 1.29 is 13.2 Å². The van der Waals surface area contributed by atoms with Crippen molar-refractivity contribution in [2.45, 2.75) is 31.7 Å². The second-order valence-electron chi connectivity index (χ2n) is 7.17. The number of hydrogen-bond donors (Lipinski definition) is 1. The highest BCUT2D eigenvalue weighted by molar-refractivity contribution is 9.10. The number of nitrogens with zero attached hydrogens (tertiary/aromatic N) is 3. The molecule has 0 saturated carbocycles. The monoisotopic (exact) mass is 488 g/mol. The largest absolute Gasteiger partial charge is 0.324 e. The van der Waals surface area contributed by atoms with Crippen molar-refractivity contribution in [3.8, 4) is 0 Å². The summed E-state index contributed by atoms with van der Waals surface area (Å²) in [5, 5.41) is 7.14. The molecule has 9 heteroatoms. The minimum absolute atomic E-state index is 0.0746. The smallest absolute Gasteiger partial charge is 0.268 e. The van der Waals surface area contributed by atoms with Gasteiger partial charge < -0.3 is 5.32 Å². The van der Waals surface area contributed by atoms with Crippen LogP contribution in [-0.2, 0) is 27.8 Å². The standard InChI is InChI=1S/C21H21BrN4O3S/c1-14-21(30(28,29)26-12-11-16-5-3-4-6-19(16)26)15(2)25(24-14)13-20(27)23-18-9-7-17(22)8-10-18/h3-10H,11-13H2,1-2H3,(H,23,27). The third kappa shape index (κ3) is 3.75. The van der Waals surface area contributed by atoms with Gasteiger partial charge in [0.15, 0.2) is 0 Å². The van der Waals surface area contributed by atoms with Gasteiger partial charge in [-0.15, -0.1) is 0 Å². The van der Waals surface area contributed by atoms with Gasteiger partial charge in [0.1, 0.15) is 11.4 Å². The minimum Gasteiger partial charge on any atom is -0.324 e. The number of amides is 1. The molecule has 1 aromatic heterocycles. The first kappa shape index (κ1) is 20.6. The third-order valence-corrected chi connectivity index (χ3v) is 7.72. The molecule has 1 N–H and O–H groups in total. The molecule has 0 spiro atoms. The molecule has 1 aliphatic heterocycles. The Balaban J connectivity index is 1.59. The Hall–Kier alpha value is -2.65. The molecule has 1 amide bonds. The number of sulfonamides is 1. The molecule has 2 heterocycles. The second-order valence-corrected chi connectivity index (χ2v) is 9.88. The normalized spacial score (nSPS) is 13.4. The van der Waals surface area contributed by atoms with Gasteiger partial charge in [-0.25, -0.2) is 8.42 Å². The van der Waals surface area contributed by atoms with E-state index in [1.165, 1.54) is 8.99 Å². The second kappa shape index (κ2) is 7.88. The zero-order valence-electron chi connectivity index (χ0n) is 16.6. The van der Waals surface area contributed by atoms with Crippen LogP contribution >= 0.6 is 15.9 Å². The first-order valence-electron chi connectivity index (χ1n) is 9.47. The molecular weight excluding hydrogens is 468 g/mol. The molecule has 0 saturated heterocycles. The first-order valence-corrected chi connectivity index (χ1v) is 11.7. The van der Waals surface area contributed by atoms with E-state index < -0.39 is 10.0 Å². The maximum absolute atomic E-state index is 13.4. The summed E-state index contributed by atoms with van der Waals surface area (Å²) in [6.07, 6.45) is 0.678. The Labute approximate surface area is 183 Å². The number of aromatic nitrogens is 2. The fourth-order valence-electron chi connectivity index (χ4n) is 3.75.